The zero-order valence-electron chi connectivity index (χ0n) is 17.4. The zero-order chi connectivity index (χ0) is 20.7. The summed E-state index contributed by atoms with van der Waals surface area (Å²) in [6, 6.07) is 8.81. The Morgan fingerprint density at radius 2 is 1.82 bits per heavy atom. The SMILES string of the molecule is CCc1ccc(C(CNC(=O)NC2CC(N(CC)CC(=O)O)C2)N(C)C)cc1. The Balaban J connectivity index is 1.78. The number of aliphatic carboxylic acids is 1. The Kier molecular flexibility index (Phi) is 8.26. The van der Waals surface area contributed by atoms with Gasteiger partial charge >= 0.3 is 12.0 Å². The van der Waals surface area contributed by atoms with Crippen molar-refractivity contribution < 1.29 is 14.7 Å². The van der Waals surface area contributed by atoms with E-state index in [2.05, 4.69) is 46.7 Å². The summed E-state index contributed by atoms with van der Waals surface area (Å²) in [7, 11) is 4.02. The summed E-state index contributed by atoms with van der Waals surface area (Å²) >= 11 is 0. The molecule has 1 aromatic carbocycles. The number of amides is 2. The predicted octanol–water partition coefficient (Wildman–Crippen LogP) is 2.09. The molecule has 0 radical (unpaired) electrons. The number of hydrogen-bond donors (Lipinski definition) is 3. The number of hydrogen-bond acceptors (Lipinski definition) is 4. The lowest BCUT2D eigenvalue weighted by Crippen LogP contribution is -2.56. The number of carboxylic acids is 1. The molecule has 156 valence electrons. The Morgan fingerprint density at radius 1 is 1.18 bits per heavy atom. The van der Waals surface area contributed by atoms with Crippen LogP contribution in [0, 0.1) is 0 Å². The third kappa shape index (κ3) is 6.21. The van der Waals surface area contributed by atoms with Crippen molar-refractivity contribution in [2.45, 2.75) is 51.2 Å². The van der Waals surface area contributed by atoms with Crippen LogP contribution in [0.25, 0.3) is 0 Å². The van der Waals surface area contributed by atoms with E-state index in [1.165, 1.54) is 11.1 Å². The van der Waals surface area contributed by atoms with Gasteiger partial charge in [0.15, 0.2) is 0 Å². The Bertz CT molecular complexity index is 642. The maximum atomic E-state index is 12.3. The summed E-state index contributed by atoms with van der Waals surface area (Å²) in [5.74, 6) is -0.808. The molecular formula is C21H34N4O3. The van der Waals surface area contributed by atoms with Crippen LogP contribution in [0.5, 0.6) is 0 Å². The van der Waals surface area contributed by atoms with Crippen molar-refractivity contribution in [1.29, 1.82) is 0 Å². The molecule has 28 heavy (non-hydrogen) atoms. The number of nitrogens with one attached hydrogen (secondary N) is 2. The van der Waals surface area contributed by atoms with Crippen molar-refractivity contribution >= 4 is 12.0 Å². The maximum Gasteiger partial charge on any atom is 0.317 e. The lowest BCUT2D eigenvalue weighted by atomic mass is 9.85. The van der Waals surface area contributed by atoms with E-state index in [-0.39, 0.29) is 30.7 Å². The first-order chi connectivity index (χ1) is 13.3. The second kappa shape index (κ2) is 10.4. The number of likely N-dealkylation sites (N-methyl/N-ethyl adjacent to an activating group) is 2. The molecule has 0 bridgehead atoms. The van der Waals surface area contributed by atoms with Gasteiger partial charge in [0.05, 0.1) is 12.6 Å². The van der Waals surface area contributed by atoms with Gasteiger partial charge in [-0.25, -0.2) is 4.79 Å². The first-order valence-electron chi connectivity index (χ1n) is 10.1. The van der Waals surface area contributed by atoms with E-state index in [0.29, 0.717) is 13.1 Å². The Morgan fingerprint density at radius 3 is 2.32 bits per heavy atom. The van der Waals surface area contributed by atoms with Gasteiger partial charge in [0.2, 0.25) is 0 Å². The highest BCUT2D eigenvalue weighted by atomic mass is 16.4. The van der Waals surface area contributed by atoms with E-state index in [4.69, 9.17) is 5.11 Å². The average Bonchev–Trinajstić information content (AvgIpc) is 2.63. The number of carbonyl (C=O) groups excluding carboxylic acids is 1. The van der Waals surface area contributed by atoms with Crippen molar-refractivity contribution in [3.8, 4) is 0 Å². The van der Waals surface area contributed by atoms with Crippen LogP contribution in [-0.2, 0) is 11.2 Å². The number of carbonyl (C=O) groups is 2. The minimum atomic E-state index is -0.808. The van der Waals surface area contributed by atoms with E-state index in [1.54, 1.807) is 0 Å². The van der Waals surface area contributed by atoms with Gasteiger partial charge in [0.1, 0.15) is 0 Å². The lowest BCUT2D eigenvalue weighted by Gasteiger charge is -2.42. The second-order valence-electron chi connectivity index (χ2n) is 7.71. The molecule has 1 unspecified atom stereocenters. The number of aryl methyl sites for hydroxylation is 1. The number of carboxylic acid groups (broad SMARTS) is 1. The average molecular weight is 391 g/mol. The molecule has 1 fully saturated rings. The second-order valence-corrected chi connectivity index (χ2v) is 7.71. The summed E-state index contributed by atoms with van der Waals surface area (Å²) in [5.41, 5.74) is 2.48. The van der Waals surface area contributed by atoms with Crippen molar-refractivity contribution in [2.24, 2.45) is 0 Å². The van der Waals surface area contributed by atoms with Crippen LogP contribution in [0.4, 0.5) is 4.79 Å². The molecule has 0 aliphatic heterocycles. The standard InChI is InChI=1S/C21H34N4O3/c1-5-15-7-9-16(10-8-15)19(24(3)4)13-22-21(28)23-17-11-18(12-17)25(6-2)14-20(26)27/h7-10,17-19H,5-6,11-14H2,1-4H3,(H,26,27)(H2,22,23,28). The molecule has 7 heteroatoms. The molecule has 7 nitrogen and oxygen atoms in total. The highest BCUT2D eigenvalue weighted by molar-refractivity contribution is 5.74. The zero-order valence-corrected chi connectivity index (χ0v) is 17.4. The molecule has 1 atom stereocenters. The van der Waals surface area contributed by atoms with Gasteiger partial charge in [0, 0.05) is 18.6 Å². The van der Waals surface area contributed by atoms with Gasteiger partial charge in [-0.1, -0.05) is 38.1 Å². The maximum absolute atomic E-state index is 12.3. The van der Waals surface area contributed by atoms with E-state index in [1.807, 2.05) is 25.9 Å². The summed E-state index contributed by atoms with van der Waals surface area (Å²) < 4.78 is 0. The van der Waals surface area contributed by atoms with E-state index < -0.39 is 5.97 Å². The molecule has 1 aliphatic carbocycles. The highest BCUT2D eigenvalue weighted by Gasteiger charge is 2.34. The molecule has 2 rings (SSSR count). The Labute approximate surface area is 168 Å². The van der Waals surface area contributed by atoms with Crippen LogP contribution in [0.2, 0.25) is 0 Å². The monoisotopic (exact) mass is 390 g/mol. The van der Waals surface area contributed by atoms with Crippen LogP contribution in [0.1, 0.15) is 43.9 Å². The van der Waals surface area contributed by atoms with Gasteiger partial charge in [-0.3, -0.25) is 9.69 Å². The fourth-order valence-corrected chi connectivity index (χ4v) is 3.68. The number of urea groups is 1. The van der Waals surface area contributed by atoms with Crippen LogP contribution in [-0.4, -0.2) is 72.7 Å². The molecule has 2 amide bonds. The molecule has 1 aliphatic rings. The predicted molar refractivity (Wildman–Crippen MR) is 110 cm³/mol. The molecule has 1 saturated carbocycles. The third-order valence-electron chi connectivity index (χ3n) is 5.56. The minimum Gasteiger partial charge on any atom is -0.480 e. The molecule has 0 aromatic heterocycles. The summed E-state index contributed by atoms with van der Waals surface area (Å²) in [5, 5.41) is 14.9. The molecule has 1 aromatic rings. The normalized spacial score (nSPS) is 19.9. The number of benzene rings is 1. The van der Waals surface area contributed by atoms with Crippen LogP contribution < -0.4 is 10.6 Å². The largest absolute Gasteiger partial charge is 0.480 e. The van der Waals surface area contributed by atoms with E-state index in [0.717, 1.165) is 19.3 Å². The number of rotatable bonds is 10. The topological polar surface area (TPSA) is 84.9 Å². The first kappa shape index (κ1) is 22.2. The van der Waals surface area contributed by atoms with Gasteiger partial charge < -0.3 is 20.6 Å². The van der Waals surface area contributed by atoms with Crippen molar-refractivity contribution in [3.63, 3.8) is 0 Å². The van der Waals surface area contributed by atoms with Crippen molar-refractivity contribution in [2.75, 3.05) is 33.7 Å². The molecule has 0 saturated heterocycles. The third-order valence-corrected chi connectivity index (χ3v) is 5.56. The van der Waals surface area contributed by atoms with Gasteiger partial charge in [-0.05, 0) is 51.0 Å². The fraction of sp³-hybridized carbons (Fsp3) is 0.619. The van der Waals surface area contributed by atoms with E-state index in [9.17, 15) is 9.59 Å². The summed E-state index contributed by atoms with van der Waals surface area (Å²) in [6.07, 6.45) is 2.60. The summed E-state index contributed by atoms with van der Waals surface area (Å²) in [4.78, 5) is 27.2. The quantitative estimate of drug-likeness (QED) is 0.570. The number of nitrogens with zero attached hydrogens (tertiary/aromatic N) is 2. The molecule has 0 spiro atoms. The summed E-state index contributed by atoms with van der Waals surface area (Å²) in [6.45, 7) is 5.39. The lowest BCUT2D eigenvalue weighted by molar-refractivity contribution is -0.139. The minimum absolute atomic E-state index is 0.0570. The van der Waals surface area contributed by atoms with Gasteiger partial charge in [-0.15, -0.1) is 0 Å². The van der Waals surface area contributed by atoms with Crippen molar-refractivity contribution in [3.05, 3.63) is 35.4 Å². The highest BCUT2D eigenvalue weighted by Crippen LogP contribution is 2.25. The first-order valence-corrected chi connectivity index (χ1v) is 10.1. The molecular weight excluding hydrogens is 356 g/mol. The molecule has 0 heterocycles. The Hall–Kier alpha value is -2.12. The smallest absolute Gasteiger partial charge is 0.317 e. The molecule has 3 N–H and O–H groups in total. The fourth-order valence-electron chi connectivity index (χ4n) is 3.68. The van der Waals surface area contributed by atoms with Gasteiger partial charge in [-0.2, -0.15) is 0 Å². The van der Waals surface area contributed by atoms with Gasteiger partial charge in [0.25, 0.3) is 0 Å². The van der Waals surface area contributed by atoms with Crippen LogP contribution >= 0.6 is 0 Å². The van der Waals surface area contributed by atoms with Crippen LogP contribution in [0.3, 0.4) is 0 Å². The van der Waals surface area contributed by atoms with Crippen molar-refractivity contribution in [1.82, 2.24) is 20.4 Å². The van der Waals surface area contributed by atoms with Crippen LogP contribution in [0.15, 0.2) is 24.3 Å². The van der Waals surface area contributed by atoms with E-state index >= 15 is 0 Å².